The molecule has 2 N–H and O–H groups in total. The molecule has 2 aliphatic rings. The Morgan fingerprint density at radius 2 is 2.27 bits per heavy atom. The predicted molar refractivity (Wildman–Crippen MR) is 104 cm³/mol. The van der Waals surface area contributed by atoms with Crippen LogP contribution in [0.15, 0.2) is 22.1 Å². The number of amidine groups is 1. The van der Waals surface area contributed by atoms with Crippen molar-refractivity contribution >= 4 is 39.7 Å². The highest BCUT2D eigenvalue weighted by atomic mass is 35.5. The Balaban J connectivity index is 2.01. The number of hydrogen-bond acceptors (Lipinski definition) is 5. The normalized spacial score (nSPS) is 40.3. The lowest BCUT2D eigenvalue weighted by Crippen LogP contribution is -2.54. The van der Waals surface area contributed by atoms with E-state index in [9.17, 15) is 9.18 Å². The number of nitriles is 1. The fourth-order valence-electron chi connectivity index (χ4n) is 3.06. The molecule has 26 heavy (non-hydrogen) atoms. The van der Waals surface area contributed by atoms with Gasteiger partial charge in [-0.25, -0.2) is 9.18 Å². The number of carbonyl (C=O) groups excluding carboxylic acids is 1. The van der Waals surface area contributed by atoms with Crippen molar-refractivity contribution in [2.24, 2.45) is 21.8 Å². The molecule has 1 aliphatic heterocycles. The number of hydrogen-bond donors (Lipinski definition) is 2. The number of urea groups is 1. The van der Waals surface area contributed by atoms with Gasteiger partial charge in [-0.15, -0.1) is 0 Å². The number of nitrogens with one attached hydrogen (secondary N) is 2. The van der Waals surface area contributed by atoms with Crippen molar-refractivity contribution in [3.05, 3.63) is 12.2 Å². The topological polar surface area (TPSA) is 89.6 Å². The van der Waals surface area contributed by atoms with E-state index in [1.54, 1.807) is 19.1 Å². The Morgan fingerprint density at radius 1 is 1.54 bits per heavy atom. The van der Waals surface area contributed by atoms with Gasteiger partial charge in [-0.3, -0.25) is 15.3 Å². The van der Waals surface area contributed by atoms with Crippen LogP contribution in [0.1, 0.15) is 33.6 Å². The Kier molecular flexibility index (Phi) is 7.07. The molecule has 2 amide bonds. The molecule has 5 atom stereocenters. The summed E-state index contributed by atoms with van der Waals surface area (Å²) in [5, 5.41) is 15.2. The first kappa shape index (κ1) is 20.7. The van der Waals surface area contributed by atoms with Gasteiger partial charge in [0.25, 0.3) is 0 Å². The third-order valence-electron chi connectivity index (χ3n) is 4.64. The average Bonchev–Trinajstić information content (AvgIpc) is 2.61. The molecule has 0 aromatic carbocycles. The first-order valence-corrected chi connectivity index (χ1v) is 9.74. The third kappa shape index (κ3) is 5.71. The largest absolute Gasteiger partial charge is 0.335 e. The first-order chi connectivity index (χ1) is 12.2. The quantitative estimate of drug-likeness (QED) is 0.705. The number of rotatable bonds is 1. The summed E-state index contributed by atoms with van der Waals surface area (Å²) in [7, 11) is 0. The van der Waals surface area contributed by atoms with Crippen LogP contribution >= 0.6 is 23.4 Å². The van der Waals surface area contributed by atoms with Crippen molar-refractivity contribution in [1.29, 1.82) is 5.26 Å². The van der Waals surface area contributed by atoms with E-state index in [2.05, 4.69) is 26.7 Å². The van der Waals surface area contributed by atoms with Gasteiger partial charge in [0.2, 0.25) is 0 Å². The van der Waals surface area contributed by atoms with Crippen LogP contribution < -0.4 is 10.6 Å². The van der Waals surface area contributed by atoms with Crippen LogP contribution in [0.4, 0.5) is 9.18 Å². The molecule has 2 rings (SSSR count). The lowest BCUT2D eigenvalue weighted by atomic mass is 9.71. The summed E-state index contributed by atoms with van der Waals surface area (Å²) < 4.78 is 14.7. The van der Waals surface area contributed by atoms with Gasteiger partial charge in [0, 0.05) is 12.0 Å². The maximum Gasteiger partial charge on any atom is 0.321 e. The number of carbonyl (C=O) groups is 1. The molecule has 0 saturated heterocycles. The van der Waals surface area contributed by atoms with Gasteiger partial charge in [-0.2, -0.15) is 5.26 Å². The lowest BCUT2D eigenvalue weighted by Gasteiger charge is -2.41. The van der Waals surface area contributed by atoms with Gasteiger partial charge in [-0.05, 0) is 32.8 Å². The number of aliphatic imine (C=N–C) groups is 2. The maximum atomic E-state index is 14.7. The summed E-state index contributed by atoms with van der Waals surface area (Å²) in [6, 6.07) is 1.24. The molecule has 0 spiro atoms. The molecular formula is C17H23ClFN5OS. The molecule has 1 fully saturated rings. The van der Waals surface area contributed by atoms with E-state index < -0.39 is 29.6 Å². The summed E-state index contributed by atoms with van der Waals surface area (Å²) in [4.78, 5) is 20.9. The minimum absolute atomic E-state index is 0.190. The summed E-state index contributed by atoms with van der Waals surface area (Å²) in [5.74, 6) is -0.803. The van der Waals surface area contributed by atoms with Crippen molar-refractivity contribution < 1.29 is 9.18 Å². The number of allylic oxidation sites excluding steroid dienone is 1. The Morgan fingerprint density at radius 3 is 2.96 bits per heavy atom. The molecule has 0 aromatic heterocycles. The predicted octanol–water partition coefficient (Wildman–Crippen LogP) is 3.59. The van der Waals surface area contributed by atoms with Crippen molar-refractivity contribution in [1.82, 2.24) is 10.6 Å². The molecule has 6 nitrogen and oxygen atoms in total. The molecule has 0 aromatic rings. The van der Waals surface area contributed by atoms with Crippen LogP contribution in [0, 0.1) is 23.2 Å². The standard InChI is InChI=1S/C17H23ClFN5OS/c1-10-13(7-12(9-20)8-17(10,3)19)23-15(25)24-16-21-6-4-5-14(18)22-11(2)26-16/h4-5,10-13H,6-8H2,1-3H3,(H2,21,23,24,25)/b5-4-,22-14+. The Bertz CT molecular complexity index is 673. The molecular weight excluding hydrogens is 377 g/mol. The van der Waals surface area contributed by atoms with E-state index in [0.29, 0.717) is 23.3 Å². The minimum atomic E-state index is -1.49. The van der Waals surface area contributed by atoms with Gasteiger partial charge in [0.1, 0.15) is 16.2 Å². The second-order valence-electron chi connectivity index (χ2n) is 6.75. The van der Waals surface area contributed by atoms with Gasteiger partial charge in [-0.1, -0.05) is 36.4 Å². The summed E-state index contributed by atoms with van der Waals surface area (Å²) in [5.41, 5.74) is -1.49. The summed E-state index contributed by atoms with van der Waals surface area (Å²) in [6.45, 7) is 5.45. The van der Waals surface area contributed by atoms with Crippen LogP contribution in [0.25, 0.3) is 0 Å². The highest BCUT2D eigenvalue weighted by Crippen LogP contribution is 2.39. The van der Waals surface area contributed by atoms with Crippen molar-refractivity contribution in [3.8, 4) is 6.07 Å². The van der Waals surface area contributed by atoms with Gasteiger partial charge < -0.3 is 5.32 Å². The van der Waals surface area contributed by atoms with Gasteiger partial charge in [0.05, 0.1) is 18.5 Å². The van der Waals surface area contributed by atoms with Crippen molar-refractivity contribution in [2.75, 3.05) is 6.54 Å². The van der Waals surface area contributed by atoms with Crippen LogP contribution in [0.2, 0.25) is 0 Å². The van der Waals surface area contributed by atoms with Gasteiger partial charge >= 0.3 is 6.03 Å². The smallest absolute Gasteiger partial charge is 0.321 e. The monoisotopic (exact) mass is 399 g/mol. The molecule has 1 aliphatic carbocycles. The van der Waals surface area contributed by atoms with Gasteiger partial charge in [0.15, 0.2) is 5.17 Å². The third-order valence-corrected chi connectivity index (χ3v) is 5.76. The summed E-state index contributed by atoms with van der Waals surface area (Å²) >= 11 is 7.22. The number of nitrogens with zero attached hydrogens (tertiary/aromatic N) is 3. The molecule has 142 valence electrons. The van der Waals surface area contributed by atoms with E-state index in [1.807, 2.05) is 6.92 Å². The lowest BCUT2D eigenvalue weighted by molar-refractivity contribution is 0.0300. The van der Waals surface area contributed by atoms with E-state index >= 15 is 0 Å². The first-order valence-electron chi connectivity index (χ1n) is 8.48. The zero-order valence-corrected chi connectivity index (χ0v) is 16.6. The summed E-state index contributed by atoms with van der Waals surface area (Å²) in [6.07, 6.45) is 4.04. The van der Waals surface area contributed by atoms with Crippen LogP contribution in [0.3, 0.4) is 0 Å². The number of alkyl halides is 1. The zero-order valence-electron chi connectivity index (χ0n) is 15.0. The Hall–Kier alpha value is -1.59. The van der Waals surface area contributed by atoms with Crippen LogP contribution in [-0.2, 0) is 0 Å². The fourth-order valence-corrected chi connectivity index (χ4v) is 4.14. The Labute approximate surface area is 162 Å². The highest BCUT2D eigenvalue weighted by Gasteiger charge is 2.44. The molecule has 5 unspecified atom stereocenters. The van der Waals surface area contributed by atoms with Crippen LogP contribution in [-0.4, -0.2) is 40.0 Å². The fraction of sp³-hybridized carbons (Fsp3) is 0.647. The SMILES string of the molecule is CC1/N=C(Cl)\C=C/C/N=C(/NC(=O)NC2CC(C#N)CC(C)(F)C2C)S1. The second kappa shape index (κ2) is 8.87. The van der Waals surface area contributed by atoms with E-state index in [1.165, 1.54) is 18.7 Å². The molecule has 0 bridgehead atoms. The molecule has 0 radical (unpaired) electrons. The maximum absolute atomic E-state index is 14.7. The minimum Gasteiger partial charge on any atom is -0.335 e. The molecule has 1 heterocycles. The average molecular weight is 400 g/mol. The number of thioether (sulfide) groups is 1. The molecule has 9 heteroatoms. The zero-order chi connectivity index (χ0) is 19.3. The van der Waals surface area contributed by atoms with Crippen molar-refractivity contribution in [2.45, 2.75) is 50.7 Å². The van der Waals surface area contributed by atoms with Crippen molar-refractivity contribution in [3.63, 3.8) is 0 Å². The highest BCUT2D eigenvalue weighted by molar-refractivity contribution is 8.14. The van der Waals surface area contributed by atoms with E-state index in [4.69, 9.17) is 16.9 Å². The second-order valence-corrected chi connectivity index (χ2v) is 8.45. The molecule has 1 saturated carbocycles. The van der Waals surface area contributed by atoms with Crippen LogP contribution in [0.5, 0.6) is 0 Å². The van der Waals surface area contributed by atoms with E-state index in [0.717, 1.165) is 0 Å². The van der Waals surface area contributed by atoms with E-state index in [-0.39, 0.29) is 11.8 Å². The number of halogens is 2. The number of amides is 2.